The van der Waals surface area contributed by atoms with E-state index in [-0.39, 0.29) is 0 Å². The van der Waals surface area contributed by atoms with Crippen molar-refractivity contribution in [1.82, 2.24) is 14.8 Å². The molecule has 5 heteroatoms. The van der Waals surface area contributed by atoms with Crippen molar-refractivity contribution in [3.8, 4) is 17.1 Å². The molecule has 1 heterocycles. The lowest BCUT2D eigenvalue weighted by atomic mass is 10.1. The molecule has 0 aliphatic carbocycles. The lowest BCUT2D eigenvalue weighted by Gasteiger charge is -2.08. The fourth-order valence-electron chi connectivity index (χ4n) is 1.93. The Kier molecular flexibility index (Phi) is 2.93. The number of aromatic nitrogens is 3. The normalized spacial score (nSPS) is 10.6. The Hall–Kier alpha value is -2.33. The Labute approximate surface area is 115 Å². The summed E-state index contributed by atoms with van der Waals surface area (Å²) < 4.78 is 1.89. The number of nitrogens with zero attached hydrogens (tertiary/aromatic N) is 3. The van der Waals surface area contributed by atoms with E-state index in [0.29, 0.717) is 16.5 Å². The minimum Gasteiger partial charge on any atom is -0.398 e. The van der Waals surface area contributed by atoms with Crippen LogP contribution in [0.5, 0.6) is 0 Å². The molecule has 0 bridgehead atoms. The van der Waals surface area contributed by atoms with E-state index >= 15 is 0 Å². The molecule has 1 aromatic heterocycles. The highest BCUT2D eigenvalue weighted by Gasteiger charge is 2.11. The van der Waals surface area contributed by atoms with E-state index in [2.05, 4.69) is 10.2 Å². The number of hydrogen-bond acceptors (Lipinski definition) is 3. The second-order valence-corrected chi connectivity index (χ2v) is 4.53. The molecular weight excluding hydrogens is 260 g/mol. The molecule has 0 radical (unpaired) electrons. The van der Waals surface area contributed by atoms with Gasteiger partial charge >= 0.3 is 0 Å². The van der Waals surface area contributed by atoms with Crippen LogP contribution in [0.3, 0.4) is 0 Å². The molecule has 0 atom stereocenters. The summed E-state index contributed by atoms with van der Waals surface area (Å²) in [5.74, 6) is 0.695. The van der Waals surface area contributed by atoms with Gasteiger partial charge in [-0.05, 0) is 30.3 Å². The van der Waals surface area contributed by atoms with Gasteiger partial charge in [-0.15, -0.1) is 10.2 Å². The van der Waals surface area contributed by atoms with Gasteiger partial charge in [-0.25, -0.2) is 0 Å². The topological polar surface area (TPSA) is 56.7 Å². The second kappa shape index (κ2) is 4.74. The van der Waals surface area contributed by atoms with Crippen LogP contribution in [0.2, 0.25) is 5.02 Å². The number of para-hydroxylation sites is 1. The molecule has 0 spiro atoms. The van der Waals surface area contributed by atoms with E-state index in [1.165, 1.54) is 0 Å². The third kappa shape index (κ3) is 2.18. The minimum atomic E-state index is 0.581. The van der Waals surface area contributed by atoms with Crippen molar-refractivity contribution in [2.24, 2.45) is 0 Å². The molecule has 3 rings (SSSR count). The monoisotopic (exact) mass is 270 g/mol. The van der Waals surface area contributed by atoms with Gasteiger partial charge in [0.1, 0.15) is 6.33 Å². The summed E-state index contributed by atoms with van der Waals surface area (Å²) in [6.07, 6.45) is 1.67. The van der Waals surface area contributed by atoms with Crippen molar-refractivity contribution in [1.29, 1.82) is 0 Å². The van der Waals surface area contributed by atoms with E-state index in [0.717, 1.165) is 11.3 Å². The third-order valence-electron chi connectivity index (χ3n) is 2.84. The van der Waals surface area contributed by atoms with Crippen LogP contribution >= 0.6 is 11.6 Å². The summed E-state index contributed by atoms with van der Waals surface area (Å²) in [5, 5.41) is 8.71. The van der Waals surface area contributed by atoms with Crippen molar-refractivity contribution in [3.63, 3.8) is 0 Å². The Morgan fingerprint density at radius 1 is 1.05 bits per heavy atom. The molecule has 0 unspecified atom stereocenters. The Morgan fingerprint density at radius 3 is 2.58 bits per heavy atom. The van der Waals surface area contributed by atoms with E-state index in [1.807, 2.05) is 41.0 Å². The Morgan fingerprint density at radius 2 is 1.84 bits per heavy atom. The molecule has 2 N–H and O–H groups in total. The summed E-state index contributed by atoms with van der Waals surface area (Å²) in [6, 6.07) is 15.2. The largest absolute Gasteiger partial charge is 0.398 e. The average Bonchev–Trinajstić information content (AvgIpc) is 2.89. The Balaban J connectivity index is 2.15. The zero-order chi connectivity index (χ0) is 13.2. The van der Waals surface area contributed by atoms with Gasteiger partial charge in [-0.1, -0.05) is 29.8 Å². The zero-order valence-electron chi connectivity index (χ0n) is 9.99. The van der Waals surface area contributed by atoms with Crippen LogP contribution in [0.15, 0.2) is 54.9 Å². The SMILES string of the molecule is Nc1cc(Cl)ccc1-c1nncn1-c1ccccc1. The van der Waals surface area contributed by atoms with E-state index < -0.39 is 0 Å². The third-order valence-corrected chi connectivity index (χ3v) is 3.07. The van der Waals surface area contributed by atoms with Crippen molar-refractivity contribution in [2.45, 2.75) is 0 Å². The first-order valence-corrected chi connectivity index (χ1v) is 6.14. The lowest BCUT2D eigenvalue weighted by molar-refractivity contribution is 1.06. The fraction of sp³-hybridized carbons (Fsp3) is 0. The number of anilines is 1. The smallest absolute Gasteiger partial charge is 0.170 e. The Bertz CT molecular complexity index is 706. The van der Waals surface area contributed by atoms with Crippen LogP contribution in [0.25, 0.3) is 17.1 Å². The summed E-state index contributed by atoms with van der Waals surface area (Å²) in [4.78, 5) is 0. The summed E-state index contributed by atoms with van der Waals surface area (Å²) in [6.45, 7) is 0. The first-order chi connectivity index (χ1) is 9.25. The summed E-state index contributed by atoms with van der Waals surface area (Å²) >= 11 is 5.91. The minimum absolute atomic E-state index is 0.581. The summed E-state index contributed by atoms with van der Waals surface area (Å²) in [5.41, 5.74) is 8.37. The van der Waals surface area contributed by atoms with Gasteiger partial charge in [-0.3, -0.25) is 4.57 Å². The number of rotatable bonds is 2. The van der Waals surface area contributed by atoms with Gasteiger partial charge in [0.15, 0.2) is 5.82 Å². The predicted molar refractivity (Wildman–Crippen MR) is 76.2 cm³/mol. The predicted octanol–water partition coefficient (Wildman–Crippen LogP) is 3.17. The molecule has 0 fully saturated rings. The quantitative estimate of drug-likeness (QED) is 0.728. The van der Waals surface area contributed by atoms with Gasteiger partial charge < -0.3 is 5.73 Å². The fourth-order valence-corrected chi connectivity index (χ4v) is 2.11. The number of benzene rings is 2. The highest BCUT2D eigenvalue weighted by Crippen LogP contribution is 2.28. The van der Waals surface area contributed by atoms with Crippen LogP contribution in [0.1, 0.15) is 0 Å². The molecule has 94 valence electrons. The van der Waals surface area contributed by atoms with Crippen molar-refractivity contribution >= 4 is 17.3 Å². The first kappa shape index (κ1) is 11.7. The van der Waals surface area contributed by atoms with Crippen molar-refractivity contribution < 1.29 is 0 Å². The molecule has 2 aromatic carbocycles. The second-order valence-electron chi connectivity index (χ2n) is 4.09. The average molecular weight is 271 g/mol. The molecule has 0 aliphatic rings. The van der Waals surface area contributed by atoms with Gasteiger partial charge in [0.05, 0.1) is 0 Å². The maximum atomic E-state index is 5.99. The van der Waals surface area contributed by atoms with E-state index in [4.69, 9.17) is 17.3 Å². The van der Waals surface area contributed by atoms with Crippen LogP contribution in [0, 0.1) is 0 Å². The number of nitrogens with two attached hydrogens (primary N) is 1. The molecule has 0 saturated carbocycles. The molecular formula is C14H11ClN4. The van der Waals surface area contributed by atoms with Crippen molar-refractivity contribution in [2.75, 3.05) is 5.73 Å². The zero-order valence-corrected chi connectivity index (χ0v) is 10.7. The standard InChI is InChI=1S/C14H11ClN4/c15-10-6-7-12(13(16)8-10)14-18-17-9-19(14)11-4-2-1-3-5-11/h1-9H,16H2. The summed E-state index contributed by atoms with van der Waals surface area (Å²) in [7, 11) is 0. The number of nitrogen functional groups attached to an aromatic ring is 1. The van der Waals surface area contributed by atoms with E-state index in [9.17, 15) is 0 Å². The maximum absolute atomic E-state index is 5.99. The first-order valence-electron chi connectivity index (χ1n) is 5.76. The number of hydrogen-bond donors (Lipinski definition) is 1. The molecule has 4 nitrogen and oxygen atoms in total. The van der Waals surface area contributed by atoms with E-state index in [1.54, 1.807) is 18.5 Å². The molecule has 19 heavy (non-hydrogen) atoms. The van der Waals surface area contributed by atoms with Crippen LogP contribution in [-0.2, 0) is 0 Å². The van der Waals surface area contributed by atoms with Gasteiger partial charge in [0.2, 0.25) is 0 Å². The van der Waals surface area contributed by atoms with Crippen LogP contribution < -0.4 is 5.73 Å². The maximum Gasteiger partial charge on any atom is 0.170 e. The lowest BCUT2D eigenvalue weighted by Crippen LogP contribution is -1.98. The van der Waals surface area contributed by atoms with Crippen LogP contribution in [0.4, 0.5) is 5.69 Å². The highest BCUT2D eigenvalue weighted by atomic mass is 35.5. The van der Waals surface area contributed by atoms with Gasteiger partial charge in [-0.2, -0.15) is 0 Å². The van der Waals surface area contributed by atoms with Gasteiger partial charge in [0.25, 0.3) is 0 Å². The number of halogens is 1. The molecule has 0 amide bonds. The molecule has 0 aliphatic heterocycles. The van der Waals surface area contributed by atoms with Crippen LogP contribution in [-0.4, -0.2) is 14.8 Å². The van der Waals surface area contributed by atoms with Crippen molar-refractivity contribution in [3.05, 3.63) is 59.9 Å². The molecule has 3 aromatic rings. The van der Waals surface area contributed by atoms with Gasteiger partial charge in [0, 0.05) is 22.0 Å². The molecule has 0 saturated heterocycles. The highest BCUT2D eigenvalue weighted by molar-refractivity contribution is 6.31.